The second-order valence-electron chi connectivity index (χ2n) is 6.40. The molecule has 2 aliphatic rings. The number of thioether (sulfide) groups is 1. The molecule has 0 amide bonds. The van der Waals surface area contributed by atoms with Crippen LogP contribution in [0.1, 0.15) is 44.6 Å². The maximum atomic E-state index is 6.38. The Hall–Kier alpha value is -0.190. The molecule has 1 aromatic carbocycles. The zero-order chi connectivity index (χ0) is 14.9. The first-order valence-electron chi connectivity index (χ1n) is 7.76. The molecule has 2 fully saturated rings. The largest absolute Gasteiger partial charge is 0.490 e. The molecule has 1 spiro atoms. The fourth-order valence-corrected chi connectivity index (χ4v) is 4.96. The summed E-state index contributed by atoms with van der Waals surface area (Å²) in [5.41, 5.74) is 1.37. The topological polar surface area (TPSA) is 18.5 Å². The molecule has 3 rings (SSSR count). The van der Waals surface area contributed by atoms with E-state index in [9.17, 15) is 0 Å². The van der Waals surface area contributed by atoms with Crippen LogP contribution in [0, 0.1) is 0 Å². The van der Waals surface area contributed by atoms with Crippen molar-refractivity contribution in [3.8, 4) is 5.75 Å². The molecule has 2 atom stereocenters. The summed E-state index contributed by atoms with van der Waals surface area (Å²) in [5, 5.41) is 0. The van der Waals surface area contributed by atoms with Crippen molar-refractivity contribution in [2.45, 2.75) is 50.7 Å². The smallest absolute Gasteiger partial charge is 0.123 e. The van der Waals surface area contributed by atoms with Crippen LogP contribution in [0.5, 0.6) is 5.75 Å². The lowest BCUT2D eigenvalue weighted by molar-refractivity contribution is -0.0960. The van der Waals surface area contributed by atoms with Gasteiger partial charge >= 0.3 is 0 Å². The van der Waals surface area contributed by atoms with E-state index < -0.39 is 0 Å². The Kier molecular flexibility index (Phi) is 4.87. The SMILES string of the molecule is CC(C)c1cc(Br)ccc1OC1CCOC2(CCSC2)C1. The van der Waals surface area contributed by atoms with E-state index in [4.69, 9.17) is 9.47 Å². The molecular weight excluding hydrogens is 348 g/mol. The second kappa shape index (κ2) is 6.51. The molecule has 0 aromatic heterocycles. The van der Waals surface area contributed by atoms with Gasteiger partial charge in [-0.25, -0.2) is 0 Å². The number of halogens is 1. The lowest BCUT2D eigenvalue weighted by Crippen LogP contribution is -2.43. The Morgan fingerprint density at radius 1 is 1.43 bits per heavy atom. The third kappa shape index (κ3) is 3.59. The van der Waals surface area contributed by atoms with E-state index in [1.165, 1.54) is 17.7 Å². The third-order valence-corrected chi connectivity index (χ3v) is 6.12. The molecule has 0 radical (unpaired) electrons. The summed E-state index contributed by atoms with van der Waals surface area (Å²) in [6.45, 7) is 5.26. The van der Waals surface area contributed by atoms with Gasteiger partial charge in [-0.3, -0.25) is 0 Å². The van der Waals surface area contributed by atoms with Crippen LogP contribution < -0.4 is 4.74 Å². The Morgan fingerprint density at radius 3 is 3.00 bits per heavy atom. The summed E-state index contributed by atoms with van der Waals surface area (Å²) < 4.78 is 13.6. The van der Waals surface area contributed by atoms with Crippen LogP contribution in [0.2, 0.25) is 0 Å². The van der Waals surface area contributed by atoms with Crippen LogP contribution >= 0.6 is 27.7 Å². The first kappa shape index (κ1) is 15.7. The summed E-state index contributed by atoms with van der Waals surface area (Å²) in [7, 11) is 0. The summed E-state index contributed by atoms with van der Waals surface area (Å²) in [6.07, 6.45) is 3.50. The van der Waals surface area contributed by atoms with E-state index in [0.717, 1.165) is 35.4 Å². The molecular formula is C17H23BrO2S. The standard InChI is InChI=1S/C17H23BrO2S/c1-12(2)15-9-13(18)3-4-16(15)20-14-5-7-19-17(10-14)6-8-21-11-17/h3-4,9,12,14H,5-8,10-11H2,1-2H3. The molecule has 2 saturated heterocycles. The number of benzene rings is 1. The quantitative estimate of drug-likeness (QED) is 0.745. The average Bonchev–Trinajstić information content (AvgIpc) is 2.88. The number of rotatable bonds is 3. The van der Waals surface area contributed by atoms with Crippen LogP contribution in [0.3, 0.4) is 0 Å². The zero-order valence-electron chi connectivity index (χ0n) is 12.7. The molecule has 0 N–H and O–H groups in total. The minimum absolute atomic E-state index is 0.0843. The van der Waals surface area contributed by atoms with Crippen molar-refractivity contribution in [1.82, 2.24) is 0 Å². The van der Waals surface area contributed by atoms with Gasteiger partial charge in [0.25, 0.3) is 0 Å². The van der Waals surface area contributed by atoms with E-state index in [1.807, 2.05) is 11.8 Å². The Morgan fingerprint density at radius 2 is 2.29 bits per heavy atom. The van der Waals surface area contributed by atoms with Crippen LogP contribution in [-0.2, 0) is 4.74 Å². The summed E-state index contributed by atoms with van der Waals surface area (Å²) in [5.74, 6) is 3.86. The first-order valence-corrected chi connectivity index (χ1v) is 9.71. The predicted molar refractivity (Wildman–Crippen MR) is 92.5 cm³/mol. The molecule has 0 bridgehead atoms. The van der Waals surface area contributed by atoms with Gasteiger partial charge in [-0.15, -0.1) is 0 Å². The monoisotopic (exact) mass is 370 g/mol. The third-order valence-electron chi connectivity index (χ3n) is 4.40. The average molecular weight is 371 g/mol. The highest BCUT2D eigenvalue weighted by Crippen LogP contribution is 2.40. The number of ether oxygens (including phenoxy) is 2. The van der Waals surface area contributed by atoms with Crippen molar-refractivity contribution < 1.29 is 9.47 Å². The summed E-state index contributed by atoms with van der Waals surface area (Å²) in [4.78, 5) is 0. The molecule has 2 aliphatic heterocycles. The number of hydrogen-bond donors (Lipinski definition) is 0. The first-order chi connectivity index (χ1) is 10.1. The van der Waals surface area contributed by atoms with Crippen molar-refractivity contribution in [3.05, 3.63) is 28.2 Å². The Bertz CT molecular complexity index is 498. The Balaban J connectivity index is 1.74. The van der Waals surface area contributed by atoms with E-state index in [1.54, 1.807) is 0 Å². The van der Waals surface area contributed by atoms with Crippen LogP contribution in [0.15, 0.2) is 22.7 Å². The normalized spacial score (nSPS) is 29.2. The minimum atomic E-state index is 0.0843. The zero-order valence-corrected chi connectivity index (χ0v) is 15.1. The van der Waals surface area contributed by atoms with Crippen molar-refractivity contribution in [2.75, 3.05) is 18.1 Å². The van der Waals surface area contributed by atoms with E-state index in [2.05, 4.69) is 48.0 Å². The maximum Gasteiger partial charge on any atom is 0.123 e. The van der Waals surface area contributed by atoms with Gasteiger partial charge in [0.2, 0.25) is 0 Å². The summed E-state index contributed by atoms with van der Waals surface area (Å²) >= 11 is 5.57. The molecule has 2 heterocycles. The molecule has 21 heavy (non-hydrogen) atoms. The lowest BCUT2D eigenvalue weighted by Gasteiger charge is -2.38. The van der Waals surface area contributed by atoms with Crippen LogP contribution in [-0.4, -0.2) is 29.8 Å². The van der Waals surface area contributed by atoms with Gasteiger partial charge in [0, 0.05) is 23.1 Å². The molecule has 0 aliphatic carbocycles. The Labute approximate surface area is 140 Å². The molecule has 0 saturated carbocycles. The highest BCUT2D eigenvalue weighted by atomic mass is 79.9. The van der Waals surface area contributed by atoms with Crippen molar-refractivity contribution in [1.29, 1.82) is 0 Å². The predicted octanol–water partition coefficient (Wildman–Crippen LogP) is 5.01. The lowest BCUT2D eigenvalue weighted by atomic mass is 9.91. The molecule has 2 nitrogen and oxygen atoms in total. The van der Waals surface area contributed by atoms with Gasteiger partial charge in [0.05, 0.1) is 12.2 Å². The van der Waals surface area contributed by atoms with Crippen molar-refractivity contribution in [3.63, 3.8) is 0 Å². The van der Waals surface area contributed by atoms with Gasteiger partial charge in [0.15, 0.2) is 0 Å². The molecule has 4 heteroatoms. The van der Waals surface area contributed by atoms with Gasteiger partial charge in [-0.05, 0) is 41.9 Å². The molecule has 1 aromatic rings. The van der Waals surface area contributed by atoms with Gasteiger partial charge in [-0.1, -0.05) is 29.8 Å². The van der Waals surface area contributed by atoms with Crippen molar-refractivity contribution in [2.24, 2.45) is 0 Å². The van der Waals surface area contributed by atoms with Gasteiger partial charge < -0.3 is 9.47 Å². The van der Waals surface area contributed by atoms with Crippen LogP contribution in [0.25, 0.3) is 0 Å². The van der Waals surface area contributed by atoms with Crippen LogP contribution in [0.4, 0.5) is 0 Å². The maximum absolute atomic E-state index is 6.38. The molecule has 2 unspecified atom stereocenters. The molecule has 116 valence electrons. The number of hydrogen-bond acceptors (Lipinski definition) is 3. The minimum Gasteiger partial charge on any atom is -0.490 e. The van der Waals surface area contributed by atoms with E-state index in [0.29, 0.717) is 5.92 Å². The van der Waals surface area contributed by atoms with Crippen molar-refractivity contribution >= 4 is 27.7 Å². The van der Waals surface area contributed by atoms with E-state index in [-0.39, 0.29) is 11.7 Å². The second-order valence-corrected chi connectivity index (χ2v) is 8.42. The highest BCUT2D eigenvalue weighted by Gasteiger charge is 2.41. The summed E-state index contributed by atoms with van der Waals surface area (Å²) in [6, 6.07) is 6.35. The fourth-order valence-electron chi connectivity index (χ4n) is 3.20. The van der Waals surface area contributed by atoms with Gasteiger partial charge in [-0.2, -0.15) is 11.8 Å². The van der Waals surface area contributed by atoms with E-state index >= 15 is 0 Å². The highest BCUT2D eigenvalue weighted by molar-refractivity contribution is 9.10. The fraction of sp³-hybridized carbons (Fsp3) is 0.647. The van der Waals surface area contributed by atoms with Gasteiger partial charge in [0.1, 0.15) is 11.9 Å².